The van der Waals surface area contributed by atoms with E-state index in [-0.39, 0.29) is 0 Å². The van der Waals surface area contributed by atoms with Crippen molar-refractivity contribution in [3.05, 3.63) is 30.5 Å². The highest BCUT2D eigenvalue weighted by atomic mass is 16.5. The molecule has 5 nitrogen and oxygen atoms in total. The van der Waals surface area contributed by atoms with Gasteiger partial charge in [-0.2, -0.15) is 0 Å². The minimum atomic E-state index is 0.395. The highest BCUT2D eigenvalue weighted by Gasteiger charge is 2.04. The summed E-state index contributed by atoms with van der Waals surface area (Å²) < 4.78 is 5.01. The lowest BCUT2D eigenvalue weighted by atomic mass is 10.2. The van der Waals surface area contributed by atoms with Crippen molar-refractivity contribution in [2.24, 2.45) is 0 Å². The van der Waals surface area contributed by atoms with Crippen molar-refractivity contribution in [3.8, 4) is 0 Å². The molecule has 2 aromatic rings. The fourth-order valence-corrected chi connectivity index (χ4v) is 1.24. The van der Waals surface area contributed by atoms with Gasteiger partial charge in [-0.3, -0.25) is 0 Å². The van der Waals surface area contributed by atoms with Crippen LogP contribution < -0.4 is 11.1 Å². The smallest absolute Gasteiger partial charge is 0.174 e. The Bertz CT molecular complexity index is 515. The van der Waals surface area contributed by atoms with Gasteiger partial charge in [-0.25, -0.2) is 0 Å². The lowest BCUT2D eigenvalue weighted by Gasteiger charge is -1.98. The Balaban J connectivity index is 2.30. The van der Waals surface area contributed by atoms with Gasteiger partial charge in [-0.1, -0.05) is 5.16 Å². The minimum Gasteiger partial charge on any atom is -0.380 e. The second-order valence-corrected chi connectivity index (χ2v) is 2.95. The quantitative estimate of drug-likeness (QED) is 0.664. The van der Waals surface area contributed by atoms with Gasteiger partial charge in [-0.05, 0) is 18.2 Å². The molecule has 15 heavy (non-hydrogen) atoms. The van der Waals surface area contributed by atoms with E-state index in [0.717, 1.165) is 11.1 Å². The number of aromatic nitrogens is 1. The molecule has 0 saturated carbocycles. The summed E-state index contributed by atoms with van der Waals surface area (Å²) in [4.78, 5) is 0. The average Bonchev–Trinajstić information content (AvgIpc) is 2.61. The van der Waals surface area contributed by atoms with Crippen LogP contribution in [-0.4, -0.2) is 11.4 Å². The molecular weight excluding hydrogens is 192 g/mol. The number of allylic oxidation sites excluding steroid dienone is 1. The number of rotatable bonds is 3. The van der Waals surface area contributed by atoms with Crippen molar-refractivity contribution in [1.29, 1.82) is 5.41 Å². The van der Waals surface area contributed by atoms with Crippen molar-refractivity contribution in [2.75, 3.05) is 11.1 Å². The average molecular weight is 202 g/mol. The summed E-state index contributed by atoms with van der Waals surface area (Å²) in [5, 5.41) is 14.2. The van der Waals surface area contributed by atoms with Crippen LogP contribution in [0.15, 0.2) is 35.0 Å². The number of benzene rings is 1. The minimum absolute atomic E-state index is 0.395. The van der Waals surface area contributed by atoms with Gasteiger partial charge in [0.05, 0.1) is 5.39 Å². The molecule has 0 atom stereocenters. The van der Waals surface area contributed by atoms with Crippen LogP contribution in [0.2, 0.25) is 0 Å². The van der Waals surface area contributed by atoms with E-state index in [1.807, 2.05) is 12.1 Å². The van der Waals surface area contributed by atoms with E-state index in [1.54, 1.807) is 18.3 Å². The standard InChI is InChI=1S/C10H10N4O/c11-4-1-5-13-7-2-3-8-9(6-7)15-14-10(8)12/h1-6,11,13H,(H2,12,14)/b5-1-,11-4?. The topological polar surface area (TPSA) is 87.9 Å². The van der Waals surface area contributed by atoms with E-state index in [2.05, 4.69) is 10.5 Å². The second-order valence-electron chi connectivity index (χ2n) is 2.95. The van der Waals surface area contributed by atoms with E-state index < -0.39 is 0 Å². The molecule has 4 N–H and O–H groups in total. The first-order valence-electron chi connectivity index (χ1n) is 4.38. The maximum absolute atomic E-state index is 6.81. The number of nitrogens with one attached hydrogen (secondary N) is 2. The van der Waals surface area contributed by atoms with Crippen molar-refractivity contribution < 1.29 is 4.52 Å². The number of nitrogens with two attached hydrogens (primary N) is 1. The molecule has 0 unspecified atom stereocenters. The van der Waals surface area contributed by atoms with Gasteiger partial charge in [0.25, 0.3) is 0 Å². The lowest BCUT2D eigenvalue weighted by Crippen LogP contribution is -1.87. The SMILES string of the molecule is N=C/C=C\Nc1ccc2c(N)noc2c1. The molecule has 0 aliphatic carbocycles. The molecule has 1 heterocycles. The van der Waals surface area contributed by atoms with Gasteiger partial charge in [0.2, 0.25) is 0 Å². The Morgan fingerprint density at radius 3 is 3.13 bits per heavy atom. The fourth-order valence-electron chi connectivity index (χ4n) is 1.24. The van der Waals surface area contributed by atoms with Crippen LogP contribution >= 0.6 is 0 Å². The first-order chi connectivity index (χ1) is 7.31. The number of hydrogen-bond acceptors (Lipinski definition) is 5. The normalized spacial score (nSPS) is 10.9. The van der Waals surface area contributed by atoms with Crippen molar-refractivity contribution in [3.63, 3.8) is 0 Å². The van der Waals surface area contributed by atoms with E-state index in [9.17, 15) is 0 Å². The maximum atomic E-state index is 6.81. The number of anilines is 2. The van der Waals surface area contributed by atoms with Crippen LogP contribution in [0.3, 0.4) is 0 Å². The molecule has 5 heteroatoms. The number of nitrogen functional groups attached to an aromatic ring is 1. The molecule has 0 radical (unpaired) electrons. The number of fused-ring (bicyclic) bond motifs is 1. The molecule has 1 aromatic heterocycles. The van der Waals surface area contributed by atoms with E-state index in [4.69, 9.17) is 15.7 Å². The van der Waals surface area contributed by atoms with Crippen molar-refractivity contribution in [1.82, 2.24) is 5.16 Å². The van der Waals surface area contributed by atoms with Gasteiger partial charge < -0.3 is 21.0 Å². The maximum Gasteiger partial charge on any atom is 0.174 e. The van der Waals surface area contributed by atoms with Crippen molar-refractivity contribution >= 4 is 28.7 Å². The van der Waals surface area contributed by atoms with Gasteiger partial charge in [0.1, 0.15) is 0 Å². The van der Waals surface area contributed by atoms with E-state index in [0.29, 0.717) is 11.4 Å². The van der Waals surface area contributed by atoms with Crippen LogP contribution in [0, 0.1) is 5.41 Å². The fraction of sp³-hybridized carbons (Fsp3) is 0. The summed E-state index contributed by atoms with van der Waals surface area (Å²) >= 11 is 0. The van der Waals surface area contributed by atoms with E-state index >= 15 is 0 Å². The molecule has 76 valence electrons. The zero-order valence-electron chi connectivity index (χ0n) is 7.90. The molecule has 0 aliphatic rings. The Morgan fingerprint density at radius 1 is 1.47 bits per heavy atom. The van der Waals surface area contributed by atoms with Crippen LogP contribution in [0.5, 0.6) is 0 Å². The first kappa shape index (κ1) is 9.26. The Kier molecular flexibility index (Phi) is 2.37. The predicted molar refractivity (Wildman–Crippen MR) is 60.0 cm³/mol. The third-order valence-corrected chi connectivity index (χ3v) is 1.94. The van der Waals surface area contributed by atoms with E-state index in [1.165, 1.54) is 6.21 Å². The molecule has 2 rings (SSSR count). The van der Waals surface area contributed by atoms with Gasteiger partial charge in [0.15, 0.2) is 11.4 Å². The molecule has 1 aromatic carbocycles. The van der Waals surface area contributed by atoms with Crippen LogP contribution in [0.1, 0.15) is 0 Å². The van der Waals surface area contributed by atoms with Gasteiger partial charge in [0, 0.05) is 24.2 Å². The molecule has 0 amide bonds. The Morgan fingerprint density at radius 2 is 2.33 bits per heavy atom. The lowest BCUT2D eigenvalue weighted by molar-refractivity contribution is 0.460. The summed E-state index contributed by atoms with van der Waals surface area (Å²) in [6.45, 7) is 0. The van der Waals surface area contributed by atoms with Crippen LogP contribution in [0.4, 0.5) is 11.5 Å². The summed E-state index contributed by atoms with van der Waals surface area (Å²) in [6.07, 6.45) is 4.44. The zero-order valence-corrected chi connectivity index (χ0v) is 7.90. The Hall–Kier alpha value is -2.30. The molecule has 0 fully saturated rings. The highest BCUT2D eigenvalue weighted by molar-refractivity contribution is 5.89. The van der Waals surface area contributed by atoms with Crippen molar-refractivity contribution in [2.45, 2.75) is 0 Å². The molecule has 0 saturated heterocycles. The third kappa shape index (κ3) is 1.80. The van der Waals surface area contributed by atoms with Crippen LogP contribution in [0.25, 0.3) is 11.0 Å². The van der Waals surface area contributed by atoms with Gasteiger partial charge in [-0.15, -0.1) is 0 Å². The molecule has 0 spiro atoms. The van der Waals surface area contributed by atoms with Crippen LogP contribution in [-0.2, 0) is 0 Å². The third-order valence-electron chi connectivity index (χ3n) is 1.94. The number of nitrogens with zero attached hydrogens (tertiary/aromatic N) is 1. The molecule has 0 aliphatic heterocycles. The summed E-state index contributed by atoms with van der Waals surface area (Å²) in [5.74, 6) is 0.395. The largest absolute Gasteiger partial charge is 0.380 e. The second kappa shape index (κ2) is 3.83. The molecular formula is C10H10N4O. The van der Waals surface area contributed by atoms with Gasteiger partial charge >= 0.3 is 0 Å². The molecule has 0 bridgehead atoms. The summed E-state index contributed by atoms with van der Waals surface area (Å²) in [7, 11) is 0. The number of hydrogen-bond donors (Lipinski definition) is 3. The highest BCUT2D eigenvalue weighted by Crippen LogP contribution is 2.23. The summed E-state index contributed by atoms with van der Waals surface area (Å²) in [6, 6.07) is 5.50. The Labute approximate surface area is 86.1 Å². The zero-order chi connectivity index (χ0) is 10.7. The first-order valence-corrected chi connectivity index (χ1v) is 4.38. The predicted octanol–water partition coefficient (Wildman–Crippen LogP) is 1.99. The summed E-state index contributed by atoms with van der Waals surface area (Å²) in [5.41, 5.74) is 7.08. The monoisotopic (exact) mass is 202 g/mol.